The maximum absolute atomic E-state index is 12.8. The lowest BCUT2D eigenvalue weighted by Gasteiger charge is -2.15. The van der Waals surface area contributed by atoms with E-state index < -0.39 is 10.1 Å². The van der Waals surface area contributed by atoms with Crippen molar-refractivity contribution < 1.29 is 17.3 Å². The molecule has 0 saturated heterocycles. The number of ether oxygens (including phenoxy) is 1. The predicted octanol–water partition coefficient (Wildman–Crippen LogP) is 5.38. The molecule has 3 rings (SSSR count). The van der Waals surface area contributed by atoms with Gasteiger partial charge < -0.3 is 8.92 Å². The van der Waals surface area contributed by atoms with Crippen LogP contribution in [0, 0.1) is 6.92 Å². The molecular weight excluding hydrogens is 384 g/mol. The molecule has 0 aliphatic heterocycles. The first-order chi connectivity index (χ1) is 13.9. The summed E-state index contributed by atoms with van der Waals surface area (Å²) in [5.41, 5.74) is 3.73. The Kier molecular flexibility index (Phi) is 6.39. The normalized spacial score (nSPS) is 12.2. The topological polar surface area (TPSA) is 52.6 Å². The highest BCUT2D eigenvalue weighted by Crippen LogP contribution is 2.28. The van der Waals surface area contributed by atoms with Crippen molar-refractivity contribution in [1.82, 2.24) is 0 Å². The average Bonchev–Trinajstić information content (AvgIpc) is 2.73. The molecule has 0 spiro atoms. The third kappa shape index (κ3) is 5.27. The van der Waals surface area contributed by atoms with Gasteiger partial charge in [0.25, 0.3) is 0 Å². The van der Waals surface area contributed by atoms with Crippen LogP contribution < -0.4 is 4.74 Å². The van der Waals surface area contributed by atoms with Crippen LogP contribution in [0.3, 0.4) is 0 Å². The van der Waals surface area contributed by atoms with Gasteiger partial charge in [0.05, 0.1) is 7.11 Å². The van der Waals surface area contributed by atoms with E-state index in [1.54, 1.807) is 38.3 Å². The molecule has 4 nitrogen and oxygen atoms in total. The van der Waals surface area contributed by atoms with Gasteiger partial charge >= 0.3 is 10.1 Å². The number of rotatable bonds is 7. The van der Waals surface area contributed by atoms with Gasteiger partial charge in [-0.3, -0.25) is 0 Å². The van der Waals surface area contributed by atoms with Gasteiger partial charge in [0.1, 0.15) is 16.4 Å². The van der Waals surface area contributed by atoms with E-state index in [0.29, 0.717) is 12.2 Å². The van der Waals surface area contributed by atoms with Gasteiger partial charge in [-0.05, 0) is 49.2 Å². The Morgan fingerprint density at radius 3 is 2.07 bits per heavy atom. The second kappa shape index (κ2) is 8.97. The van der Waals surface area contributed by atoms with Crippen molar-refractivity contribution in [3.63, 3.8) is 0 Å². The molecule has 0 heterocycles. The molecule has 0 atom stereocenters. The van der Waals surface area contributed by atoms with Crippen LogP contribution in [0.1, 0.15) is 23.6 Å². The highest BCUT2D eigenvalue weighted by molar-refractivity contribution is 7.86. The van der Waals surface area contributed by atoms with Crippen LogP contribution in [-0.4, -0.2) is 15.5 Å². The number of aryl methyl sites for hydroxylation is 1. The van der Waals surface area contributed by atoms with Crippen LogP contribution >= 0.6 is 0 Å². The van der Waals surface area contributed by atoms with E-state index >= 15 is 0 Å². The zero-order chi connectivity index (χ0) is 20.9. The Bertz CT molecular complexity index is 1080. The van der Waals surface area contributed by atoms with Gasteiger partial charge in [0.2, 0.25) is 0 Å². The first kappa shape index (κ1) is 20.7. The van der Waals surface area contributed by atoms with E-state index in [1.165, 1.54) is 0 Å². The molecule has 0 bridgehead atoms. The van der Waals surface area contributed by atoms with Crippen molar-refractivity contribution in [3.05, 3.63) is 101 Å². The van der Waals surface area contributed by atoms with Gasteiger partial charge in [0, 0.05) is 12.0 Å². The van der Waals surface area contributed by atoms with Crippen molar-refractivity contribution in [2.24, 2.45) is 0 Å². The summed E-state index contributed by atoms with van der Waals surface area (Å²) >= 11 is 0. The summed E-state index contributed by atoms with van der Waals surface area (Å²) in [7, 11) is -2.31. The van der Waals surface area contributed by atoms with E-state index in [-0.39, 0.29) is 4.90 Å². The van der Waals surface area contributed by atoms with Crippen molar-refractivity contribution in [1.29, 1.82) is 0 Å². The largest absolute Gasteiger partial charge is 0.497 e. The summed E-state index contributed by atoms with van der Waals surface area (Å²) < 4.78 is 36.3. The predicted molar refractivity (Wildman–Crippen MR) is 115 cm³/mol. The number of allylic oxidation sites excluding steroid dienone is 2. The molecule has 29 heavy (non-hydrogen) atoms. The van der Waals surface area contributed by atoms with Gasteiger partial charge in [-0.25, -0.2) is 0 Å². The molecule has 0 saturated carbocycles. The smallest absolute Gasteiger partial charge is 0.338 e. The van der Waals surface area contributed by atoms with E-state index in [0.717, 1.165) is 28.0 Å². The van der Waals surface area contributed by atoms with Gasteiger partial charge in [0.15, 0.2) is 0 Å². The second-order valence-electron chi connectivity index (χ2n) is 6.78. The summed E-state index contributed by atoms with van der Waals surface area (Å²) in [5, 5.41) is 0. The number of methoxy groups -OCH3 is 1. The van der Waals surface area contributed by atoms with Crippen LogP contribution in [0.5, 0.6) is 5.75 Å². The van der Waals surface area contributed by atoms with E-state index in [9.17, 15) is 8.42 Å². The SMILES string of the molecule is COc1ccc(/C(Cc2ccccc2)=C(\C)OS(=O)(=O)c2ccc(C)cc2)cc1. The van der Waals surface area contributed by atoms with E-state index in [1.807, 2.05) is 61.5 Å². The standard InChI is InChI=1S/C24H24O4S/c1-18-9-15-23(16-10-18)29(25,26)28-19(2)24(17-20-7-5-4-6-8-20)21-11-13-22(27-3)14-12-21/h4-16H,17H2,1-3H3/b24-19+. The van der Waals surface area contributed by atoms with Crippen molar-refractivity contribution in [3.8, 4) is 5.75 Å². The zero-order valence-electron chi connectivity index (χ0n) is 16.8. The summed E-state index contributed by atoms with van der Waals surface area (Å²) in [6.07, 6.45) is 0.544. The summed E-state index contributed by atoms with van der Waals surface area (Å²) in [6, 6.07) is 24.0. The quantitative estimate of drug-likeness (QED) is 0.389. The second-order valence-corrected chi connectivity index (χ2v) is 8.32. The van der Waals surface area contributed by atoms with Crippen LogP contribution in [0.25, 0.3) is 5.57 Å². The maximum atomic E-state index is 12.8. The Morgan fingerprint density at radius 1 is 0.862 bits per heavy atom. The molecule has 5 heteroatoms. The Morgan fingerprint density at radius 2 is 1.48 bits per heavy atom. The van der Waals surface area contributed by atoms with Crippen molar-refractivity contribution >= 4 is 15.7 Å². The number of hydrogen-bond donors (Lipinski definition) is 0. The van der Waals surface area contributed by atoms with E-state index in [4.69, 9.17) is 8.92 Å². The summed E-state index contributed by atoms with van der Waals surface area (Å²) in [5.74, 6) is 1.08. The molecule has 0 radical (unpaired) electrons. The molecule has 3 aromatic carbocycles. The van der Waals surface area contributed by atoms with Crippen molar-refractivity contribution in [2.75, 3.05) is 7.11 Å². The van der Waals surface area contributed by atoms with Crippen LogP contribution in [0.15, 0.2) is 89.5 Å². The lowest BCUT2D eigenvalue weighted by molar-refractivity contribution is 0.409. The Labute approximate surface area is 172 Å². The van der Waals surface area contributed by atoms with Gasteiger partial charge in [-0.15, -0.1) is 0 Å². The molecule has 0 aliphatic carbocycles. The third-order valence-corrected chi connectivity index (χ3v) is 5.95. The molecule has 0 unspecified atom stereocenters. The van der Waals surface area contributed by atoms with Gasteiger partial charge in [-0.2, -0.15) is 8.42 Å². The van der Waals surface area contributed by atoms with Crippen LogP contribution in [0.4, 0.5) is 0 Å². The molecule has 0 fully saturated rings. The first-order valence-electron chi connectivity index (χ1n) is 9.28. The minimum absolute atomic E-state index is 0.135. The average molecular weight is 409 g/mol. The van der Waals surface area contributed by atoms with Crippen molar-refractivity contribution in [2.45, 2.75) is 25.2 Å². The summed E-state index contributed by atoms with van der Waals surface area (Å²) in [4.78, 5) is 0.135. The fraction of sp³-hybridized carbons (Fsp3) is 0.167. The first-order valence-corrected chi connectivity index (χ1v) is 10.7. The fourth-order valence-electron chi connectivity index (χ4n) is 2.99. The molecule has 0 aromatic heterocycles. The van der Waals surface area contributed by atoms with Crippen LogP contribution in [0.2, 0.25) is 0 Å². The highest BCUT2D eigenvalue weighted by Gasteiger charge is 2.19. The maximum Gasteiger partial charge on any atom is 0.338 e. The fourth-order valence-corrected chi connectivity index (χ4v) is 3.99. The number of benzene rings is 3. The molecular formula is C24H24O4S. The molecule has 3 aromatic rings. The molecule has 0 N–H and O–H groups in total. The summed E-state index contributed by atoms with van der Waals surface area (Å²) in [6.45, 7) is 3.60. The molecule has 0 amide bonds. The van der Waals surface area contributed by atoms with Crippen LogP contribution in [-0.2, 0) is 20.7 Å². The third-order valence-electron chi connectivity index (χ3n) is 4.63. The Hall–Kier alpha value is -3.05. The molecule has 0 aliphatic rings. The lowest BCUT2D eigenvalue weighted by atomic mass is 9.97. The number of hydrogen-bond acceptors (Lipinski definition) is 4. The van der Waals surface area contributed by atoms with E-state index in [2.05, 4.69) is 0 Å². The molecule has 150 valence electrons. The lowest BCUT2D eigenvalue weighted by Crippen LogP contribution is -2.07. The highest BCUT2D eigenvalue weighted by atomic mass is 32.2. The van der Waals surface area contributed by atoms with Gasteiger partial charge in [-0.1, -0.05) is 60.2 Å². The monoisotopic (exact) mass is 408 g/mol. The minimum atomic E-state index is -3.92. The Balaban J connectivity index is 2.00. The zero-order valence-corrected chi connectivity index (χ0v) is 17.6. The minimum Gasteiger partial charge on any atom is -0.497 e.